The maximum Gasteiger partial charge on any atom is 0.0611 e. The maximum absolute atomic E-state index is 9.73. The summed E-state index contributed by atoms with van der Waals surface area (Å²) in [4.78, 5) is 2.58. The van der Waals surface area contributed by atoms with Gasteiger partial charge in [0.15, 0.2) is 0 Å². The molecule has 0 fully saturated rings. The normalized spacial score (nSPS) is 16.9. The molecule has 0 aliphatic carbocycles. The van der Waals surface area contributed by atoms with Gasteiger partial charge in [-0.15, -0.1) is 0 Å². The van der Waals surface area contributed by atoms with Crippen LogP contribution in [-0.2, 0) is 0 Å². The van der Waals surface area contributed by atoms with Gasteiger partial charge >= 0.3 is 0 Å². The van der Waals surface area contributed by atoms with E-state index in [0.717, 1.165) is 32.5 Å². The first-order valence-electron chi connectivity index (χ1n) is 8.34. The van der Waals surface area contributed by atoms with E-state index in [1.165, 1.54) is 0 Å². The Morgan fingerprint density at radius 3 is 1.90 bits per heavy atom. The molecule has 0 saturated carbocycles. The molecule has 2 N–H and O–H groups in total. The number of nitrogens with one attached hydrogen (secondary N) is 1. The average Bonchev–Trinajstić information content (AvgIpc) is 2.34. The molecule has 0 aromatic heterocycles. The van der Waals surface area contributed by atoms with E-state index in [1.807, 2.05) is 0 Å². The first kappa shape index (κ1) is 19.9. The van der Waals surface area contributed by atoms with Crippen molar-refractivity contribution in [3.05, 3.63) is 0 Å². The van der Waals surface area contributed by atoms with Crippen LogP contribution in [0.15, 0.2) is 0 Å². The Labute approximate surface area is 127 Å². The zero-order chi connectivity index (χ0) is 15.8. The van der Waals surface area contributed by atoms with Crippen molar-refractivity contribution in [3.8, 4) is 0 Å². The second-order valence-corrected chi connectivity index (χ2v) is 7.44. The monoisotopic (exact) mass is 286 g/mol. The van der Waals surface area contributed by atoms with E-state index in [1.54, 1.807) is 0 Å². The molecule has 0 aromatic rings. The van der Waals surface area contributed by atoms with Crippen LogP contribution in [0.4, 0.5) is 0 Å². The van der Waals surface area contributed by atoms with Crippen molar-refractivity contribution in [1.29, 1.82) is 0 Å². The molecular weight excluding hydrogens is 248 g/mol. The summed E-state index contributed by atoms with van der Waals surface area (Å²) in [6, 6.07) is 0.487. The van der Waals surface area contributed by atoms with Crippen molar-refractivity contribution in [2.24, 2.45) is 11.8 Å². The van der Waals surface area contributed by atoms with Gasteiger partial charge < -0.3 is 15.3 Å². The van der Waals surface area contributed by atoms with E-state index in [4.69, 9.17) is 0 Å². The summed E-state index contributed by atoms with van der Waals surface area (Å²) < 4.78 is 0. The molecule has 3 nitrogen and oxygen atoms in total. The van der Waals surface area contributed by atoms with Gasteiger partial charge in [0, 0.05) is 24.7 Å². The van der Waals surface area contributed by atoms with Gasteiger partial charge in [-0.25, -0.2) is 0 Å². The van der Waals surface area contributed by atoms with E-state index in [2.05, 4.69) is 58.7 Å². The van der Waals surface area contributed by atoms with Crippen molar-refractivity contribution >= 4 is 0 Å². The van der Waals surface area contributed by atoms with Gasteiger partial charge in [0.25, 0.3) is 0 Å². The minimum absolute atomic E-state index is 0.165. The highest BCUT2D eigenvalue weighted by Gasteiger charge is 2.28. The first-order valence-corrected chi connectivity index (χ1v) is 8.34. The number of aliphatic hydroxyl groups excluding tert-OH is 1. The van der Waals surface area contributed by atoms with Gasteiger partial charge in [0.1, 0.15) is 0 Å². The summed E-state index contributed by atoms with van der Waals surface area (Å²) >= 11 is 0. The smallest absolute Gasteiger partial charge is 0.0611 e. The molecule has 0 bridgehead atoms. The predicted octanol–water partition coefficient (Wildman–Crippen LogP) is 3.13. The molecule has 0 heterocycles. The lowest BCUT2D eigenvalue weighted by Crippen LogP contribution is -2.51. The Hall–Kier alpha value is -0.120. The Morgan fingerprint density at radius 1 is 1.05 bits per heavy atom. The van der Waals surface area contributed by atoms with Crippen molar-refractivity contribution in [3.63, 3.8) is 0 Å². The third kappa shape index (κ3) is 8.23. The standard InChI is InChI=1S/C17H38N2O/c1-8-9-18-17(7,13-20)10-16(6)19(11-14(2)3)12-15(4)5/h14-16,18,20H,8-13H2,1-7H3. The number of hydrogen-bond donors (Lipinski definition) is 2. The van der Waals surface area contributed by atoms with Gasteiger partial charge in [-0.05, 0) is 45.1 Å². The van der Waals surface area contributed by atoms with Crippen LogP contribution >= 0.6 is 0 Å². The van der Waals surface area contributed by atoms with Crippen molar-refractivity contribution in [2.45, 2.75) is 72.9 Å². The van der Waals surface area contributed by atoms with Crippen molar-refractivity contribution in [1.82, 2.24) is 10.2 Å². The SMILES string of the molecule is CCCNC(C)(CO)CC(C)N(CC(C)C)CC(C)C. The van der Waals surface area contributed by atoms with Crippen LogP contribution in [0.25, 0.3) is 0 Å². The van der Waals surface area contributed by atoms with Crippen LogP contribution in [0.1, 0.15) is 61.3 Å². The summed E-state index contributed by atoms with van der Waals surface area (Å²) in [5.41, 5.74) is -0.165. The largest absolute Gasteiger partial charge is 0.394 e. The second-order valence-electron chi connectivity index (χ2n) is 7.44. The summed E-state index contributed by atoms with van der Waals surface area (Å²) in [6.45, 7) is 19.2. The molecule has 0 aromatic carbocycles. The molecule has 0 radical (unpaired) electrons. The highest BCUT2D eigenvalue weighted by molar-refractivity contribution is 4.87. The van der Waals surface area contributed by atoms with Crippen LogP contribution < -0.4 is 5.32 Å². The fourth-order valence-corrected chi connectivity index (χ4v) is 2.77. The lowest BCUT2D eigenvalue weighted by atomic mass is 9.92. The Balaban J connectivity index is 4.64. The minimum Gasteiger partial charge on any atom is -0.394 e. The Kier molecular flexibility index (Phi) is 9.69. The van der Waals surface area contributed by atoms with Gasteiger partial charge in [0.2, 0.25) is 0 Å². The molecule has 0 amide bonds. The number of nitrogens with zero attached hydrogens (tertiary/aromatic N) is 1. The molecule has 2 unspecified atom stereocenters. The van der Waals surface area contributed by atoms with Crippen molar-refractivity contribution < 1.29 is 5.11 Å². The minimum atomic E-state index is -0.165. The van der Waals surface area contributed by atoms with Gasteiger partial charge in [0.05, 0.1) is 6.61 Å². The quantitative estimate of drug-likeness (QED) is 0.612. The topological polar surface area (TPSA) is 35.5 Å². The Morgan fingerprint density at radius 2 is 1.55 bits per heavy atom. The van der Waals surface area contributed by atoms with E-state index >= 15 is 0 Å². The first-order chi connectivity index (χ1) is 9.24. The van der Waals surface area contributed by atoms with E-state index in [0.29, 0.717) is 17.9 Å². The fraction of sp³-hybridized carbons (Fsp3) is 1.00. The number of rotatable bonds is 11. The molecule has 20 heavy (non-hydrogen) atoms. The highest BCUT2D eigenvalue weighted by atomic mass is 16.3. The maximum atomic E-state index is 9.73. The van der Waals surface area contributed by atoms with Crippen molar-refractivity contribution in [2.75, 3.05) is 26.2 Å². The van der Waals surface area contributed by atoms with Crippen LogP contribution in [-0.4, -0.2) is 47.8 Å². The van der Waals surface area contributed by atoms with E-state index in [-0.39, 0.29) is 12.1 Å². The third-order valence-corrected chi connectivity index (χ3v) is 3.72. The summed E-state index contributed by atoms with van der Waals surface area (Å²) in [5, 5.41) is 13.2. The highest BCUT2D eigenvalue weighted by Crippen LogP contribution is 2.18. The molecule has 2 atom stereocenters. The molecule has 3 heteroatoms. The zero-order valence-electron chi connectivity index (χ0n) is 14.9. The van der Waals surface area contributed by atoms with Crippen LogP contribution in [0.3, 0.4) is 0 Å². The predicted molar refractivity (Wildman–Crippen MR) is 89.1 cm³/mol. The summed E-state index contributed by atoms with van der Waals surface area (Å²) in [5.74, 6) is 1.36. The van der Waals surface area contributed by atoms with Crippen LogP contribution in [0, 0.1) is 11.8 Å². The molecule has 0 saturated heterocycles. The third-order valence-electron chi connectivity index (χ3n) is 3.72. The molecule has 0 aliphatic heterocycles. The van der Waals surface area contributed by atoms with Gasteiger partial charge in [-0.2, -0.15) is 0 Å². The van der Waals surface area contributed by atoms with Crippen LogP contribution in [0.5, 0.6) is 0 Å². The van der Waals surface area contributed by atoms with Crippen LogP contribution in [0.2, 0.25) is 0 Å². The number of hydrogen-bond acceptors (Lipinski definition) is 3. The van der Waals surface area contributed by atoms with E-state index in [9.17, 15) is 5.11 Å². The second kappa shape index (κ2) is 9.75. The molecule has 122 valence electrons. The summed E-state index contributed by atoms with van der Waals surface area (Å²) in [6.07, 6.45) is 2.09. The average molecular weight is 287 g/mol. The zero-order valence-corrected chi connectivity index (χ0v) is 14.9. The van der Waals surface area contributed by atoms with E-state index < -0.39 is 0 Å². The Bertz CT molecular complexity index is 233. The van der Waals surface area contributed by atoms with Gasteiger partial charge in [-0.1, -0.05) is 34.6 Å². The molecule has 0 spiro atoms. The fourth-order valence-electron chi connectivity index (χ4n) is 2.77. The van der Waals surface area contributed by atoms with Gasteiger partial charge in [-0.3, -0.25) is 0 Å². The molecule has 0 rings (SSSR count). The molecular formula is C17H38N2O. The lowest BCUT2D eigenvalue weighted by Gasteiger charge is -2.38. The number of aliphatic hydroxyl groups is 1. The molecule has 0 aliphatic rings. The lowest BCUT2D eigenvalue weighted by molar-refractivity contribution is 0.0999. The summed E-state index contributed by atoms with van der Waals surface area (Å²) in [7, 11) is 0.